The summed E-state index contributed by atoms with van der Waals surface area (Å²) in [5.74, 6) is -0.163. The molecule has 6 heteroatoms. The molecule has 27 heavy (non-hydrogen) atoms. The molecule has 4 nitrogen and oxygen atoms in total. The summed E-state index contributed by atoms with van der Waals surface area (Å²) < 4.78 is 0. The van der Waals surface area contributed by atoms with Crippen LogP contribution in [-0.2, 0) is 6.54 Å². The Morgan fingerprint density at radius 3 is 2.74 bits per heavy atom. The highest BCUT2D eigenvalue weighted by Gasteiger charge is 2.19. The lowest BCUT2D eigenvalue weighted by molar-refractivity contribution is 0.0757. The molecule has 1 aromatic heterocycles. The lowest BCUT2D eigenvalue weighted by atomic mass is 10.1. The van der Waals surface area contributed by atoms with Gasteiger partial charge < -0.3 is 4.90 Å². The predicted octanol–water partition coefficient (Wildman–Crippen LogP) is 5.16. The molecule has 0 saturated carbocycles. The van der Waals surface area contributed by atoms with E-state index >= 15 is 0 Å². The Bertz CT molecular complexity index is 1000. The largest absolute Gasteiger partial charge is 0.329 e. The van der Waals surface area contributed by atoms with Gasteiger partial charge in [0, 0.05) is 29.1 Å². The van der Waals surface area contributed by atoms with Crippen molar-refractivity contribution < 1.29 is 4.79 Å². The number of nitriles is 1. The number of carbonyl (C=O) groups is 1. The van der Waals surface area contributed by atoms with Crippen molar-refractivity contribution in [1.29, 1.82) is 5.26 Å². The van der Waals surface area contributed by atoms with Crippen molar-refractivity contribution in [2.75, 3.05) is 6.54 Å². The zero-order valence-corrected chi connectivity index (χ0v) is 16.0. The first-order valence-electron chi connectivity index (χ1n) is 8.21. The minimum Gasteiger partial charge on any atom is -0.329 e. The maximum atomic E-state index is 12.9. The molecule has 0 spiro atoms. The summed E-state index contributed by atoms with van der Waals surface area (Å²) in [6.07, 6.45) is 1.69. The summed E-state index contributed by atoms with van der Waals surface area (Å²) in [4.78, 5) is 19.1. The van der Waals surface area contributed by atoms with Crippen LogP contribution < -0.4 is 0 Å². The number of thiazole rings is 1. The van der Waals surface area contributed by atoms with E-state index in [1.165, 1.54) is 11.3 Å². The van der Waals surface area contributed by atoms with Gasteiger partial charge in [0.05, 0.1) is 11.6 Å². The smallest absolute Gasteiger partial charge is 0.273 e. The molecule has 0 saturated heterocycles. The highest BCUT2D eigenvalue weighted by Crippen LogP contribution is 2.26. The van der Waals surface area contributed by atoms with Gasteiger partial charge >= 0.3 is 0 Å². The third kappa shape index (κ3) is 4.62. The van der Waals surface area contributed by atoms with Crippen LogP contribution >= 0.6 is 22.9 Å². The maximum absolute atomic E-state index is 12.9. The molecule has 1 heterocycles. The number of carbonyl (C=O) groups excluding carboxylic acids is 1. The molecule has 0 atom stereocenters. The van der Waals surface area contributed by atoms with E-state index in [4.69, 9.17) is 16.9 Å². The fourth-order valence-corrected chi connectivity index (χ4v) is 3.55. The summed E-state index contributed by atoms with van der Waals surface area (Å²) in [6, 6.07) is 16.7. The standard InChI is InChI=1S/C21H16ClN3OS/c1-2-10-25(13-16-8-6-15(12-23)7-9-16)21(26)19-14-27-20(24-19)17-4-3-5-18(22)11-17/h2-9,11,14H,1,10,13H2. The van der Waals surface area contributed by atoms with Gasteiger partial charge in [0.2, 0.25) is 0 Å². The Morgan fingerprint density at radius 1 is 1.30 bits per heavy atom. The van der Waals surface area contributed by atoms with Crippen LogP contribution in [0.15, 0.2) is 66.6 Å². The molecule has 3 aromatic rings. The van der Waals surface area contributed by atoms with Crippen molar-refractivity contribution >= 4 is 28.8 Å². The number of aromatic nitrogens is 1. The quantitative estimate of drug-likeness (QED) is 0.543. The van der Waals surface area contributed by atoms with Crippen molar-refractivity contribution in [3.63, 3.8) is 0 Å². The van der Waals surface area contributed by atoms with Gasteiger partial charge in [-0.05, 0) is 29.8 Å². The number of benzene rings is 2. The van der Waals surface area contributed by atoms with Gasteiger partial charge in [0.15, 0.2) is 0 Å². The minimum atomic E-state index is -0.163. The first kappa shape index (κ1) is 18.8. The maximum Gasteiger partial charge on any atom is 0.273 e. The molecule has 3 rings (SSSR count). The van der Waals surface area contributed by atoms with Crippen molar-refractivity contribution in [3.8, 4) is 16.6 Å². The van der Waals surface area contributed by atoms with Gasteiger partial charge in [0.25, 0.3) is 5.91 Å². The molecule has 0 aliphatic rings. The average Bonchev–Trinajstić information content (AvgIpc) is 3.18. The van der Waals surface area contributed by atoms with E-state index in [-0.39, 0.29) is 5.91 Å². The monoisotopic (exact) mass is 393 g/mol. The summed E-state index contributed by atoms with van der Waals surface area (Å²) in [6.45, 7) is 4.56. The lowest BCUT2D eigenvalue weighted by Gasteiger charge is -2.20. The Balaban J connectivity index is 1.80. The number of amides is 1. The minimum absolute atomic E-state index is 0.163. The van der Waals surface area contributed by atoms with Crippen molar-refractivity contribution in [1.82, 2.24) is 9.88 Å². The molecule has 1 amide bonds. The van der Waals surface area contributed by atoms with E-state index < -0.39 is 0 Å². The molecule has 0 fully saturated rings. The van der Waals surface area contributed by atoms with Gasteiger partial charge in [-0.2, -0.15) is 5.26 Å². The van der Waals surface area contributed by atoms with E-state index in [0.717, 1.165) is 16.1 Å². The van der Waals surface area contributed by atoms with Crippen molar-refractivity contribution in [3.05, 3.63) is 88.4 Å². The number of hydrogen-bond acceptors (Lipinski definition) is 4. The van der Waals surface area contributed by atoms with Crippen LogP contribution in [-0.4, -0.2) is 22.3 Å². The molecule has 0 radical (unpaired) electrons. The third-order valence-corrected chi connectivity index (χ3v) is 5.01. The SMILES string of the molecule is C=CCN(Cc1ccc(C#N)cc1)C(=O)c1csc(-c2cccc(Cl)c2)n1. The predicted molar refractivity (Wildman–Crippen MR) is 109 cm³/mol. The van der Waals surface area contributed by atoms with E-state index in [0.29, 0.717) is 29.4 Å². The summed E-state index contributed by atoms with van der Waals surface area (Å²) in [5, 5.41) is 12.0. The number of halogens is 1. The second kappa shape index (κ2) is 8.63. The first-order chi connectivity index (χ1) is 13.1. The second-order valence-electron chi connectivity index (χ2n) is 5.83. The highest BCUT2D eigenvalue weighted by atomic mass is 35.5. The van der Waals surface area contributed by atoms with Crippen molar-refractivity contribution in [2.45, 2.75) is 6.54 Å². The number of hydrogen-bond donors (Lipinski definition) is 0. The highest BCUT2D eigenvalue weighted by molar-refractivity contribution is 7.13. The van der Waals surface area contributed by atoms with E-state index in [2.05, 4.69) is 17.6 Å². The number of nitrogens with zero attached hydrogens (tertiary/aromatic N) is 3. The fraction of sp³-hybridized carbons (Fsp3) is 0.0952. The van der Waals surface area contributed by atoms with Crippen LogP contribution in [0.25, 0.3) is 10.6 Å². The molecule has 134 valence electrons. The van der Waals surface area contributed by atoms with Crippen LogP contribution in [0.5, 0.6) is 0 Å². The van der Waals surface area contributed by atoms with Gasteiger partial charge in [-0.1, -0.05) is 41.9 Å². The van der Waals surface area contributed by atoms with Gasteiger partial charge in [-0.25, -0.2) is 4.98 Å². The third-order valence-electron chi connectivity index (χ3n) is 3.89. The van der Waals surface area contributed by atoms with E-state index in [1.807, 2.05) is 30.3 Å². The molecule has 0 bridgehead atoms. The zero-order chi connectivity index (χ0) is 19.2. The zero-order valence-electron chi connectivity index (χ0n) is 14.4. The molecule has 0 aliphatic heterocycles. The first-order valence-corrected chi connectivity index (χ1v) is 9.47. The van der Waals surface area contributed by atoms with E-state index in [9.17, 15) is 4.79 Å². The van der Waals surface area contributed by atoms with Gasteiger partial charge in [-0.3, -0.25) is 4.79 Å². The normalized spacial score (nSPS) is 10.2. The van der Waals surface area contributed by atoms with Crippen LogP contribution in [0.2, 0.25) is 5.02 Å². The molecule has 0 unspecified atom stereocenters. The topological polar surface area (TPSA) is 57.0 Å². The van der Waals surface area contributed by atoms with E-state index in [1.54, 1.807) is 34.6 Å². The van der Waals surface area contributed by atoms with Crippen LogP contribution in [0.1, 0.15) is 21.6 Å². The van der Waals surface area contributed by atoms with Crippen LogP contribution in [0.4, 0.5) is 0 Å². The Hall–Kier alpha value is -2.94. The molecule has 0 aliphatic carbocycles. The summed E-state index contributed by atoms with van der Waals surface area (Å²) in [5.41, 5.74) is 2.81. The average molecular weight is 394 g/mol. The molecular formula is C21H16ClN3OS. The van der Waals surface area contributed by atoms with Gasteiger partial charge in [-0.15, -0.1) is 17.9 Å². The van der Waals surface area contributed by atoms with Crippen LogP contribution in [0.3, 0.4) is 0 Å². The summed E-state index contributed by atoms with van der Waals surface area (Å²) in [7, 11) is 0. The second-order valence-corrected chi connectivity index (χ2v) is 7.13. The Labute approximate surface area is 167 Å². The molecule has 0 N–H and O–H groups in total. The molecule has 2 aromatic carbocycles. The Morgan fingerprint density at radius 2 is 2.07 bits per heavy atom. The van der Waals surface area contributed by atoms with Crippen LogP contribution in [0, 0.1) is 11.3 Å². The lowest BCUT2D eigenvalue weighted by Crippen LogP contribution is -2.31. The molecular weight excluding hydrogens is 378 g/mol. The Kier molecular flexibility index (Phi) is 6.02. The summed E-state index contributed by atoms with van der Waals surface area (Å²) >= 11 is 7.45. The van der Waals surface area contributed by atoms with Crippen molar-refractivity contribution in [2.24, 2.45) is 0 Å². The number of rotatable bonds is 6. The van der Waals surface area contributed by atoms with Gasteiger partial charge in [0.1, 0.15) is 10.7 Å². The fourth-order valence-electron chi connectivity index (χ4n) is 2.57.